The zero-order chi connectivity index (χ0) is 15.9. The minimum absolute atomic E-state index is 0.0686. The van der Waals surface area contributed by atoms with Crippen molar-refractivity contribution in [2.45, 2.75) is 44.1 Å². The first-order valence-corrected chi connectivity index (χ1v) is 8.69. The van der Waals surface area contributed by atoms with Crippen LogP contribution in [0.3, 0.4) is 0 Å². The summed E-state index contributed by atoms with van der Waals surface area (Å²) >= 11 is 0. The second-order valence-corrected chi connectivity index (χ2v) is 7.03. The molecule has 2 fully saturated rings. The molecule has 0 bridgehead atoms. The fourth-order valence-electron chi connectivity index (χ4n) is 3.98. The summed E-state index contributed by atoms with van der Waals surface area (Å²) in [5.74, 6) is 1.32. The van der Waals surface area contributed by atoms with Crippen molar-refractivity contribution in [3.05, 3.63) is 23.8 Å². The number of amides is 2. The lowest BCUT2D eigenvalue weighted by atomic mass is 9.69. The predicted octanol–water partition coefficient (Wildman–Crippen LogP) is 2.78. The number of hydrogen-bond donors (Lipinski definition) is 2. The maximum absolute atomic E-state index is 12.5. The summed E-state index contributed by atoms with van der Waals surface area (Å²) in [6.07, 6.45) is 5.74. The summed E-state index contributed by atoms with van der Waals surface area (Å²) in [6.45, 7) is 1.94. The van der Waals surface area contributed by atoms with Gasteiger partial charge in [0.2, 0.25) is 0 Å². The number of urea groups is 1. The maximum Gasteiger partial charge on any atom is 0.321 e. The third-order valence-corrected chi connectivity index (χ3v) is 5.77. The molecule has 1 aromatic rings. The first-order chi connectivity index (χ1) is 11.2. The van der Waals surface area contributed by atoms with Crippen LogP contribution < -0.4 is 10.1 Å². The van der Waals surface area contributed by atoms with E-state index in [2.05, 4.69) is 5.32 Å². The molecule has 1 saturated carbocycles. The molecule has 23 heavy (non-hydrogen) atoms. The molecule has 0 radical (unpaired) electrons. The van der Waals surface area contributed by atoms with Gasteiger partial charge in [-0.1, -0.05) is 12.5 Å². The number of aliphatic hydroxyl groups is 1. The lowest BCUT2D eigenvalue weighted by Gasteiger charge is -2.46. The van der Waals surface area contributed by atoms with E-state index in [1.165, 1.54) is 6.42 Å². The van der Waals surface area contributed by atoms with Crippen LogP contribution >= 0.6 is 0 Å². The second-order valence-electron chi connectivity index (χ2n) is 7.03. The van der Waals surface area contributed by atoms with Gasteiger partial charge in [0.05, 0.1) is 12.2 Å². The first kappa shape index (κ1) is 14.8. The number of piperidine rings is 1. The molecule has 5 heteroatoms. The Morgan fingerprint density at radius 3 is 2.78 bits per heavy atom. The van der Waals surface area contributed by atoms with Gasteiger partial charge in [0.25, 0.3) is 0 Å². The highest BCUT2D eigenvalue weighted by Crippen LogP contribution is 2.42. The Balaban J connectivity index is 1.38. The molecule has 3 aliphatic rings. The largest absolute Gasteiger partial charge is 0.493 e. The van der Waals surface area contributed by atoms with Crippen LogP contribution in [0.1, 0.15) is 37.7 Å². The van der Waals surface area contributed by atoms with Crippen molar-refractivity contribution in [1.82, 2.24) is 4.90 Å². The quantitative estimate of drug-likeness (QED) is 0.882. The molecule has 2 amide bonds. The third-order valence-electron chi connectivity index (χ3n) is 5.77. The number of likely N-dealkylation sites (tertiary alicyclic amines) is 1. The summed E-state index contributed by atoms with van der Waals surface area (Å²) in [6, 6.07) is 5.71. The van der Waals surface area contributed by atoms with E-state index in [1.807, 2.05) is 23.1 Å². The van der Waals surface area contributed by atoms with E-state index in [-0.39, 0.29) is 6.03 Å². The van der Waals surface area contributed by atoms with Crippen LogP contribution in [-0.2, 0) is 6.42 Å². The van der Waals surface area contributed by atoms with Crippen LogP contribution in [0.25, 0.3) is 0 Å². The fraction of sp³-hybridized carbons (Fsp3) is 0.611. The van der Waals surface area contributed by atoms with Crippen molar-refractivity contribution in [3.8, 4) is 5.75 Å². The van der Waals surface area contributed by atoms with E-state index < -0.39 is 5.60 Å². The van der Waals surface area contributed by atoms with E-state index in [9.17, 15) is 9.90 Å². The molecule has 1 aromatic carbocycles. The highest BCUT2D eigenvalue weighted by molar-refractivity contribution is 5.90. The number of rotatable bonds is 2. The van der Waals surface area contributed by atoms with Crippen LogP contribution in [0, 0.1) is 5.92 Å². The highest BCUT2D eigenvalue weighted by atomic mass is 16.5. The Bertz CT molecular complexity index is 604. The van der Waals surface area contributed by atoms with E-state index in [1.54, 1.807) is 0 Å². The molecule has 1 aliphatic carbocycles. The molecule has 0 aromatic heterocycles. The van der Waals surface area contributed by atoms with Crippen molar-refractivity contribution in [1.29, 1.82) is 0 Å². The molecule has 1 saturated heterocycles. The number of hydrogen-bond acceptors (Lipinski definition) is 3. The normalized spacial score (nSPS) is 22.9. The molecule has 4 rings (SSSR count). The Morgan fingerprint density at radius 1 is 1.30 bits per heavy atom. The number of ether oxygens (including phenoxy) is 1. The van der Waals surface area contributed by atoms with Crippen molar-refractivity contribution in [2.75, 3.05) is 25.0 Å². The molecule has 5 nitrogen and oxygen atoms in total. The van der Waals surface area contributed by atoms with Crippen LogP contribution in [0.2, 0.25) is 0 Å². The standard InChI is InChI=1S/C18H24N2O3/c21-17(19-15-5-2-6-16-14(15)7-12-23-16)20-10-8-18(22,9-11-20)13-3-1-4-13/h2,5-6,13,22H,1,3-4,7-12H2,(H,19,21). The van der Waals surface area contributed by atoms with Gasteiger partial charge in [0.15, 0.2) is 0 Å². The summed E-state index contributed by atoms with van der Waals surface area (Å²) in [4.78, 5) is 14.3. The molecular weight excluding hydrogens is 292 g/mol. The Hall–Kier alpha value is -1.75. The average Bonchev–Trinajstić information content (AvgIpc) is 2.95. The molecule has 2 heterocycles. The molecule has 2 N–H and O–H groups in total. The molecule has 0 spiro atoms. The number of nitrogens with one attached hydrogen (secondary N) is 1. The molecular formula is C18H24N2O3. The van der Waals surface area contributed by atoms with Crippen LogP contribution in [-0.4, -0.2) is 41.3 Å². The van der Waals surface area contributed by atoms with Crippen LogP contribution in [0.5, 0.6) is 5.75 Å². The number of nitrogens with zero attached hydrogens (tertiary/aromatic N) is 1. The summed E-state index contributed by atoms with van der Waals surface area (Å²) in [7, 11) is 0. The smallest absolute Gasteiger partial charge is 0.321 e. The lowest BCUT2D eigenvalue weighted by Crippen LogP contribution is -2.52. The predicted molar refractivity (Wildman–Crippen MR) is 87.8 cm³/mol. The van der Waals surface area contributed by atoms with E-state index >= 15 is 0 Å². The summed E-state index contributed by atoms with van der Waals surface area (Å²) in [5.41, 5.74) is 1.39. The van der Waals surface area contributed by atoms with Crippen molar-refractivity contribution >= 4 is 11.7 Å². The summed E-state index contributed by atoms with van der Waals surface area (Å²) < 4.78 is 5.54. The monoisotopic (exact) mass is 316 g/mol. The van der Waals surface area contributed by atoms with Gasteiger partial charge in [0, 0.05) is 30.8 Å². The van der Waals surface area contributed by atoms with E-state index in [0.29, 0.717) is 38.5 Å². The molecule has 124 valence electrons. The maximum atomic E-state index is 12.5. The number of benzene rings is 1. The number of fused-ring (bicyclic) bond motifs is 1. The molecule has 2 aliphatic heterocycles. The first-order valence-electron chi connectivity index (χ1n) is 8.69. The van der Waals surface area contributed by atoms with E-state index in [0.717, 1.165) is 36.3 Å². The van der Waals surface area contributed by atoms with Gasteiger partial charge < -0.3 is 20.1 Å². The van der Waals surface area contributed by atoms with Gasteiger partial charge >= 0.3 is 6.03 Å². The van der Waals surface area contributed by atoms with Crippen molar-refractivity contribution < 1.29 is 14.6 Å². The zero-order valence-electron chi connectivity index (χ0n) is 13.4. The Morgan fingerprint density at radius 2 is 2.09 bits per heavy atom. The Labute approximate surface area is 136 Å². The Kier molecular flexibility index (Phi) is 3.68. The lowest BCUT2D eigenvalue weighted by molar-refractivity contribution is -0.0845. The number of anilines is 1. The van der Waals surface area contributed by atoms with Gasteiger partial charge in [0.1, 0.15) is 5.75 Å². The average molecular weight is 316 g/mol. The SMILES string of the molecule is O=C(Nc1cccc2c1CCO2)N1CCC(O)(C2CCC2)CC1. The van der Waals surface area contributed by atoms with E-state index in [4.69, 9.17) is 4.74 Å². The van der Waals surface area contributed by atoms with Gasteiger partial charge in [-0.15, -0.1) is 0 Å². The van der Waals surface area contributed by atoms with Gasteiger partial charge in [-0.05, 0) is 43.7 Å². The topological polar surface area (TPSA) is 61.8 Å². The number of carbonyl (C=O) groups is 1. The van der Waals surface area contributed by atoms with Crippen molar-refractivity contribution in [3.63, 3.8) is 0 Å². The van der Waals surface area contributed by atoms with Gasteiger partial charge in [-0.2, -0.15) is 0 Å². The molecule has 0 unspecified atom stereocenters. The highest BCUT2D eigenvalue weighted by Gasteiger charge is 2.43. The van der Waals surface area contributed by atoms with Gasteiger partial charge in [-0.3, -0.25) is 0 Å². The van der Waals surface area contributed by atoms with Crippen LogP contribution in [0.4, 0.5) is 10.5 Å². The minimum atomic E-state index is -0.545. The number of carbonyl (C=O) groups excluding carboxylic acids is 1. The van der Waals surface area contributed by atoms with Crippen LogP contribution in [0.15, 0.2) is 18.2 Å². The van der Waals surface area contributed by atoms with Gasteiger partial charge in [-0.25, -0.2) is 4.79 Å². The zero-order valence-corrected chi connectivity index (χ0v) is 13.4. The fourth-order valence-corrected chi connectivity index (χ4v) is 3.98. The van der Waals surface area contributed by atoms with Crippen molar-refractivity contribution in [2.24, 2.45) is 5.92 Å². The third kappa shape index (κ3) is 2.67. The second kappa shape index (κ2) is 5.71. The minimum Gasteiger partial charge on any atom is -0.493 e. The summed E-state index contributed by atoms with van der Waals surface area (Å²) in [5, 5.41) is 13.8. The molecule has 0 atom stereocenters.